The second-order valence-corrected chi connectivity index (χ2v) is 4.13. The average molecular weight is 274 g/mol. The summed E-state index contributed by atoms with van der Waals surface area (Å²) in [5, 5.41) is 8.75. The number of hydrogen-bond donors (Lipinski definition) is 2. The number of aromatic nitrogens is 2. The Kier molecular flexibility index (Phi) is 4.14. The minimum atomic E-state index is -1.29. The minimum Gasteiger partial charge on any atom is -0.494 e. The third-order valence-corrected chi connectivity index (χ3v) is 2.69. The quantitative estimate of drug-likeness (QED) is 0.861. The number of aromatic amines is 1. The molecule has 1 heterocycles. The van der Waals surface area contributed by atoms with Crippen molar-refractivity contribution in [1.29, 1.82) is 0 Å². The molecule has 6 nitrogen and oxygen atoms in total. The van der Waals surface area contributed by atoms with E-state index in [0.29, 0.717) is 18.9 Å². The Hall–Kier alpha value is -2.63. The average Bonchev–Trinajstić information content (AvgIpc) is 2.41. The summed E-state index contributed by atoms with van der Waals surface area (Å²) in [5.41, 5.74) is -0.0615. The van der Waals surface area contributed by atoms with Crippen LogP contribution in [0.4, 0.5) is 0 Å². The monoisotopic (exact) mass is 274 g/mol. The molecule has 104 valence electrons. The molecule has 0 atom stereocenters. The van der Waals surface area contributed by atoms with Crippen molar-refractivity contribution in [2.45, 2.75) is 13.3 Å². The van der Waals surface area contributed by atoms with Gasteiger partial charge < -0.3 is 14.8 Å². The fourth-order valence-electron chi connectivity index (χ4n) is 1.74. The molecule has 6 heteroatoms. The molecule has 2 N–H and O–H groups in total. The van der Waals surface area contributed by atoms with Gasteiger partial charge in [-0.25, -0.2) is 9.78 Å². The lowest BCUT2D eigenvalue weighted by Crippen LogP contribution is -2.20. The van der Waals surface area contributed by atoms with E-state index in [1.54, 1.807) is 0 Å². The number of rotatable bonds is 5. The number of benzene rings is 1. The lowest BCUT2D eigenvalue weighted by molar-refractivity contribution is 0.0694. The standard InChI is InChI=1S/C14H14N2O4/c1-2-20-10-5-3-9(4-6-10)7-12-15-8-11(14(18)19)13(17)16-12/h3-6,8H,2,7H2,1H3,(H,18,19)(H,15,16,17). The molecule has 0 saturated carbocycles. The van der Waals surface area contributed by atoms with E-state index in [0.717, 1.165) is 17.5 Å². The van der Waals surface area contributed by atoms with E-state index < -0.39 is 11.5 Å². The molecule has 0 unspecified atom stereocenters. The summed E-state index contributed by atoms with van der Waals surface area (Å²) in [6.45, 7) is 2.51. The summed E-state index contributed by atoms with van der Waals surface area (Å²) in [4.78, 5) is 28.6. The molecule has 0 aliphatic heterocycles. The molecule has 0 amide bonds. The maximum atomic E-state index is 11.5. The Balaban J connectivity index is 2.15. The van der Waals surface area contributed by atoms with Crippen molar-refractivity contribution in [1.82, 2.24) is 9.97 Å². The molecule has 1 aromatic carbocycles. The van der Waals surface area contributed by atoms with Crippen LogP contribution in [0.1, 0.15) is 28.7 Å². The fraction of sp³-hybridized carbons (Fsp3) is 0.214. The van der Waals surface area contributed by atoms with Gasteiger partial charge in [0.05, 0.1) is 6.61 Å². The van der Waals surface area contributed by atoms with Crippen LogP contribution in [-0.4, -0.2) is 27.7 Å². The second-order valence-electron chi connectivity index (χ2n) is 4.13. The number of nitrogens with zero attached hydrogens (tertiary/aromatic N) is 1. The van der Waals surface area contributed by atoms with Gasteiger partial charge in [0, 0.05) is 12.6 Å². The van der Waals surface area contributed by atoms with Gasteiger partial charge in [-0.1, -0.05) is 12.1 Å². The van der Waals surface area contributed by atoms with Crippen LogP contribution in [0.25, 0.3) is 0 Å². The van der Waals surface area contributed by atoms with Crippen molar-refractivity contribution in [2.24, 2.45) is 0 Å². The molecular weight excluding hydrogens is 260 g/mol. The zero-order chi connectivity index (χ0) is 14.5. The fourth-order valence-corrected chi connectivity index (χ4v) is 1.74. The minimum absolute atomic E-state index is 0.361. The molecule has 0 fully saturated rings. The molecule has 0 spiro atoms. The van der Waals surface area contributed by atoms with Crippen LogP contribution in [0.15, 0.2) is 35.3 Å². The highest BCUT2D eigenvalue weighted by Crippen LogP contribution is 2.13. The third kappa shape index (κ3) is 3.23. The predicted molar refractivity (Wildman–Crippen MR) is 72.2 cm³/mol. The van der Waals surface area contributed by atoms with Crippen molar-refractivity contribution in [3.05, 3.63) is 57.8 Å². The van der Waals surface area contributed by atoms with Crippen LogP contribution in [-0.2, 0) is 6.42 Å². The van der Waals surface area contributed by atoms with Crippen molar-refractivity contribution < 1.29 is 14.6 Å². The zero-order valence-corrected chi connectivity index (χ0v) is 10.9. The van der Waals surface area contributed by atoms with Gasteiger partial charge in [0.25, 0.3) is 5.56 Å². The molecule has 1 aromatic heterocycles. The highest BCUT2D eigenvalue weighted by molar-refractivity contribution is 5.86. The summed E-state index contributed by atoms with van der Waals surface area (Å²) in [7, 11) is 0. The second kappa shape index (κ2) is 6.01. The third-order valence-electron chi connectivity index (χ3n) is 2.69. The van der Waals surface area contributed by atoms with E-state index in [9.17, 15) is 9.59 Å². The van der Waals surface area contributed by atoms with Crippen molar-refractivity contribution in [3.8, 4) is 5.75 Å². The Morgan fingerprint density at radius 3 is 2.60 bits per heavy atom. The van der Waals surface area contributed by atoms with Crippen molar-refractivity contribution >= 4 is 5.97 Å². The van der Waals surface area contributed by atoms with Gasteiger partial charge in [0.2, 0.25) is 0 Å². The zero-order valence-electron chi connectivity index (χ0n) is 10.9. The lowest BCUT2D eigenvalue weighted by Gasteiger charge is -2.05. The van der Waals surface area contributed by atoms with E-state index >= 15 is 0 Å². The Morgan fingerprint density at radius 2 is 2.05 bits per heavy atom. The van der Waals surface area contributed by atoms with Gasteiger partial charge >= 0.3 is 5.97 Å². The van der Waals surface area contributed by atoms with E-state index in [-0.39, 0.29) is 5.56 Å². The van der Waals surface area contributed by atoms with Crippen LogP contribution >= 0.6 is 0 Å². The van der Waals surface area contributed by atoms with Crippen LogP contribution in [0.5, 0.6) is 5.75 Å². The molecule has 0 bridgehead atoms. The lowest BCUT2D eigenvalue weighted by atomic mass is 10.1. The molecule has 0 aliphatic rings. The summed E-state index contributed by atoms with van der Waals surface area (Å²) in [5.74, 6) is -0.0885. The number of ether oxygens (including phenoxy) is 1. The number of aromatic carboxylic acids is 1. The molecule has 0 radical (unpaired) electrons. The Morgan fingerprint density at radius 1 is 1.35 bits per heavy atom. The number of carboxylic acids is 1. The normalized spacial score (nSPS) is 10.2. The highest BCUT2D eigenvalue weighted by atomic mass is 16.5. The molecule has 2 aromatic rings. The van der Waals surface area contributed by atoms with E-state index in [1.807, 2.05) is 31.2 Å². The largest absolute Gasteiger partial charge is 0.494 e. The number of carbonyl (C=O) groups is 1. The first-order valence-corrected chi connectivity index (χ1v) is 6.13. The van der Waals surface area contributed by atoms with Gasteiger partial charge in [-0.3, -0.25) is 4.79 Å². The van der Waals surface area contributed by atoms with Crippen LogP contribution < -0.4 is 10.3 Å². The van der Waals surface area contributed by atoms with Crippen LogP contribution in [0.2, 0.25) is 0 Å². The summed E-state index contributed by atoms with van der Waals surface area (Å²) < 4.78 is 5.33. The summed E-state index contributed by atoms with van der Waals surface area (Å²) in [6.07, 6.45) is 1.49. The highest BCUT2D eigenvalue weighted by Gasteiger charge is 2.09. The predicted octanol–water partition coefficient (Wildman–Crippen LogP) is 1.46. The first-order chi connectivity index (χ1) is 9.60. The molecule has 0 saturated heterocycles. The van der Waals surface area contributed by atoms with Crippen LogP contribution in [0, 0.1) is 0 Å². The van der Waals surface area contributed by atoms with E-state index in [1.165, 1.54) is 0 Å². The van der Waals surface area contributed by atoms with Gasteiger partial charge in [0.15, 0.2) is 0 Å². The summed E-state index contributed by atoms with van der Waals surface area (Å²) >= 11 is 0. The van der Waals surface area contributed by atoms with E-state index in [2.05, 4.69) is 9.97 Å². The topological polar surface area (TPSA) is 92.3 Å². The van der Waals surface area contributed by atoms with Gasteiger partial charge in [-0.2, -0.15) is 0 Å². The number of H-pyrrole nitrogens is 1. The number of nitrogens with one attached hydrogen (secondary N) is 1. The smallest absolute Gasteiger partial charge is 0.342 e. The molecule has 20 heavy (non-hydrogen) atoms. The Bertz CT molecular complexity index is 662. The summed E-state index contributed by atoms with van der Waals surface area (Å²) in [6, 6.07) is 7.41. The van der Waals surface area contributed by atoms with Gasteiger partial charge in [-0.05, 0) is 24.6 Å². The van der Waals surface area contributed by atoms with Crippen LogP contribution in [0.3, 0.4) is 0 Å². The number of hydrogen-bond acceptors (Lipinski definition) is 4. The SMILES string of the molecule is CCOc1ccc(Cc2ncc(C(=O)O)c(=O)[nH]2)cc1. The molecule has 2 rings (SSSR count). The Labute approximate surface area is 115 Å². The number of carboxylic acid groups (broad SMARTS) is 1. The van der Waals surface area contributed by atoms with Crippen molar-refractivity contribution in [3.63, 3.8) is 0 Å². The van der Waals surface area contributed by atoms with Crippen molar-refractivity contribution in [2.75, 3.05) is 6.61 Å². The maximum absolute atomic E-state index is 11.5. The first kappa shape index (κ1) is 13.8. The first-order valence-electron chi connectivity index (χ1n) is 6.13. The van der Waals surface area contributed by atoms with Gasteiger partial charge in [-0.15, -0.1) is 0 Å². The maximum Gasteiger partial charge on any atom is 0.342 e. The van der Waals surface area contributed by atoms with Gasteiger partial charge in [0.1, 0.15) is 17.1 Å². The molecular formula is C14H14N2O4. The molecule has 0 aliphatic carbocycles. The van der Waals surface area contributed by atoms with E-state index in [4.69, 9.17) is 9.84 Å².